The molecule has 0 fully saturated rings. The highest BCUT2D eigenvalue weighted by atomic mass is 16.1. The standard InChI is InChI=1S/C9H11N3O/c1-6-5-8(13)12-7-3-2-4-10-9(7)11-6/h2-4,6H,5H2,1H3,(H,10,11)(H,12,13). The summed E-state index contributed by atoms with van der Waals surface area (Å²) in [6, 6.07) is 3.78. The van der Waals surface area contributed by atoms with Crippen LogP contribution in [0.1, 0.15) is 13.3 Å². The van der Waals surface area contributed by atoms with Crippen molar-refractivity contribution in [3.63, 3.8) is 0 Å². The zero-order valence-electron chi connectivity index (χ0n) is 7.37. The minimum absolute atomic E-state index is 0.0340. The summed E-state index contributed by atoms with van der Waals surface area (Å²) in [6.45, 7) is 1.96. The molecule has 68 valence electrons. The molecule has 1 unspecified atom stereocenters. The monoisotopic (exact) mass is 177 g/mol. The Morgan fingerprint density at radius 2 is 2.46 bits per heavy atom. The van der Waals surface area contributed by atoms with Crippen LogP contribution in [0.25, 0.3) is 0 Å². The summed E-state index contributed by atoms with van der Waals surface area (Å²) in [4.78, 5) is 15.4. The van der Waals surface area contributed by atoms with Crippen molar-refractivity contribution in [2.45, 2.75) is 19.4 Å². The van der Waals surface area contributed by atoms with Crippen LogP contribution in [0.2, 0.25) is 0 Å². The molecule has 1 aliphatic rings. The number of pyridine rings is 1. The lowest BCUT2D eigenvalue weighted by Crippen LogP contribution is -2.19. The van der Waals surface area contributed by atoms with Crippen molar-refractivity contribution in [2.75, 3.05) is 10.6 Å². The van der Waals surface area contributed by atoms with E-state index in [9.17, 15) is 4.79 Å². The van der Waals surface area contributed by atoms with E-state index in [0.717, 1.165) is 11.5 Å². The molecule has 2 rings (SSSR count). The fourth-order valence-electron chi connectivity index (χ4n) is 1.38. The van der Waals surface area contributed by atoms with Gasteiger partial charge in [0.1, 0.15) is 5.82 Å². The van der Waals surface area contributed by atoms with Crippen molar-refractivity contribution >= 4 is 17.4 Å². The second-order valence-corrected chi connectivity index (χ2v) is 3.20. The van der Waals surface area contributed by atoms with Crippen LogP contribution in [0.5, 0.6) is 0 Å². The number of rotatable bonds is 0. The van der Waals surface area contributed by atoms with Crippen LogP contribution in [0, 0.1) is 0 Å². The van der Waals surface area contributed by atoms with Crippen LogP contribution in [0.15, 0.2) is 18.3 Å². The maximum Gasteiger partial charge on any atom is 0.226 e. The first-order chi connectivity index (χ1) is 6.25. The van der Waals surface area contributed by atoms with Gasteiger partial charge >= 0.3 is 0 Å². The van der Waals surface area contributed by atoms with Crippen LogP contribution < -0.4 is 10.6 Å². The normalized spacial score (nSPS) is 21.0. The van der Waals surface area contributed by atoms with E-state index < -0.39 is 0 Å². The number of carbonyl (C=O) groups excluding carboxylic acids is 1. The van der Waals surface area contributed by atoms with E-state index in [1.807, 2.05) is 13.0 Å². The molecule has 0 spiro atoms. The topological polar surface area (TPSA) is 54.0 Å². The lowest BCUT2D eigenvalue weighted by Gasteiger charge is -2.09. The highest BCUT2D eigenvalue weighted by molar-refractivity contribution is 5.95. The molecular weight excluding hydrogens is 166 g/mol. The summed E-state index contributed by atoms with van der Waals surface area (Å²) >= 11 is 0. The number of aromatic nitrogens is 1. The van der Waals surface area contributed by atoms with Crippen molar-refractivity contribution in [1.29, 1.82) is 0 Å². The number of hydrogen-bond donors (Lipinski definition) is 2. The van der Waals surface area contributed by atoms with E-state index in [-0.39, 0.29) is 11.9 Å². The lowest BCUT2D eigenvalue weighted by atomic mass is 10.2. The average molecular weight is 177 g/mol. The van der Waals surface area contributed by atoms with Crippen molar-refractivity contribution in [3.8, 4) is 0 Å². The average Bonchev–Trinajstić information content (AvgIpc) is 2.20. The third kappa shape index (κ3) is 1.61. The molecule has 0 saturated heterocycles. The summed E-state index contributed by atoms with van der Waals surface area (Å²) in [5, 5.41) is 5.95. The summed E-state index contributed by atoms with van der Waals surface area (Å²) in [6.07, 6.45) is 2.19. The van der Waals surface area contributed by atoms with Gasteiger partial charge in [0.2, 0.25) is 5.91 Å². The number of amides is 1. The van der Waals surface area contributed by atoms with Gasteiger partial charge in [-0.3, -0.25) is 4.79 Å². The summed E-state index contributed by atoms with van der Waals surface area (Å²) in [7, 11) is 0. The quantitative estimate of drug-likeness (QED) is 0.626. The molecule has 4 heteroatoms. The second kappa shape index (κ2) is 3.05. The van der Waals surface area contributed by atoms with Crippen molar-refractivity contribution in [3.05, 3.63) is 18.3 Å². The van der Waals surface area contributed by atoms with Gasteiger partial charge in [0.15, 0.2) is 0 Å². The SMILES string of the molecule is CC1CC(=O)Nc2cccnc2N1. The van der Waals surface area contributed by atoms with E-state index >= 15 is 0 Å². The number of anilines is 2. The summed E-state index contributed by atoms with van der Waals surface area (Å²) < 4.78 is 0. The lowest BCUT2D eigenvalue weighted by molar-refractivity contribution is -0.116. The fraction of sp³-hybridized carbons (Fsp3) is 0.333. The molecule has 0 aliphatic carbocycles. The Morgan fingerprint density at radius 1 is 1.62 bits per heavy atom. The third-order valence-electron chi connectivity index (χ3n) is 1.96. The smallest absolute Gasteiger partial charge is 0.226 e. The van der Waals surface area contributed by atoms with E-state index in [2.05, 4.69) is 15.6 Å². The third-order valence-corrected chi connectivity index (χ3v) is 1.96. The molecule has 4 nitrogen and oxygen atoms in total. The van der Waals surface area contributed by atoms with Gasteiger partial charge in [-0.2, -0.15) is 0 Å². The number of nitrogens with zero attached hydrogens (tertiary/aromatic N) is 1. The zero-order chi connectivity index (χ0) is 9.26. The number of nitrogens with one attached hydrogen (secondary N) is 2. The molecule has 1 aromatic rings. The molecule has 0 saturated carbocycles. The largest absolute Gasteiger partial charge is 0.365 e. The molecule has 1 aromatic heterocycles. The van der Waals surface area contributed by atoms with Gasteiger partial charge in [0, 0.05) is 18.7 Å². The predicted octanol–water partition coefficient (Wildman–Crippen LogP) is 1.22. The molecular formula is C9H11N3O. The van der Waals surface area contributed by atoms with E-state index in [0.29, 0.717) is 6.42 Å². The first-order valence-electron chi connectivity index (χ1n) is 4.27. The van der Waals surface area contributed by atoms with Gasteiger partial charge in [0.25, 0.3) is 0 Å². The number of carbonyl (C=O) groups is 1. The zero-order valence-corrected chi connectivity index (χ0v) is 7.37. The van der Waals surface area contributed by atoms with Crippen LogP contribution in [-0.2, 0) is 4.79 Å². The molecule has 0 aromatic carbocycles. The van der Waals surface area contributed by atoms with Crippen LogP contribution in [0.4, 0.5) is 11.5 Å². The number of hydrogen-bond acceptors (Lipinski definition) is 3. The minimum Gasteiger partial charge on any atom is -0.365 e. The molecule has 0 bridgehead atoms. The maximum absolute atomic E-state index is 11.3. The summed E-state index contributed by atoms with van der Waals surface area (Å²) in [5.41, 5.74) is 0.761. The maximum atomic E-state index is 11.3. The van der Waals surface area contributed by atoms with Gasteiger partial charge < -0.3 is 10.6 Å². The first-order valence-corrected chi connectivity index (χ1v) is 4.27. The molecule has 1 atom stereocenters. The molecule has 1 amide bonds. The van der Waals surface area contributed by atoms with E-state index in [1.165, 1.54) is 0 Å². The Hall–Kier alpha value is -1.58. The van der Waals surface area contributed by atoms with E-state index in [4.69, 9.17) is 0 Å². The minimum atomic E-state index is 0.0340. The van der Waals surface area contributed by atoms with Gasteiger partial charge in [0.05, 0.1) is 5.69 Å². The highest BCUT2D eigenvalue weighted by Gasteiger charge is 2.17. The molecule has 2 N–H and O–H groups in total. The number of fused-ring (bicyclic) bond motifs is 1. The first kappa shape index (κ1) is 8.04. The van der Waals surface area contributed by atoms with Crippen molar-refractivity contribution in [1.82, 2.24) is 4.98 Å². The Kier molecular flexibility index (Phi) is 1.88. The van der Waals surface area contributed by atoms with E-state index in [1.54, 1.807) is 12.3 Å². The second-order valence-electron chi connectivity index (χ2n) is 3.20. The molecule has 2 heterocycles. The van der Waals surface area contributed by atoms with Gasteiger partial charge in [-0.1, -0.05) is 0 Å². The van der Waals surface area contributed by atoms with Crippen LogP contribution >= 0.6 is 0 Å². The highest BCUT2D eigenvalue weighted by Crippen LogP contribution is 2.22. The van der Waals surface area contributed by atoms with Crippen LogP contribution in [-0.4, -0.2) is 16.9 Å². The van der Waals surface area contributed by atoms with Crippen molar-refractivity contribution < 1.29 is 4.79 Å². The Bertz CT molecular complexity index is 337. The van der Waals surface area contributed by atoms with Gasteiger partial charge in [-0.15, -0.1) is 0 Å². The Morgan fingerprint density at radius 3 is 3.31 bits per heavy atom. The fourth-order valence-corrected chi connectivity index (χ4v) is 1.38. The van der Waals surface area contributed by atoms with Crippen LogP contribution in [0.3, 0.4) is 0 Å². The summed E-state index contributed by atoms with van der Waals surface area (Å²) in [5.74, 6) is 0.785. The predicted molar refractivity (Wildman–Crippen MR) is 50.6 cm³/mol. The Labute approximate surface area is 76.4 Å². The van der Waals surface area contributed by atoms with Gasteiger partial charge in [-0.05, 0) is 19.1 Å². The van der Waals surface area contributed by atoms with Gasteiger partial charge in [-0.25, -0.2) is 4.98 Å². The molecule has 1 aliphatic heterocycles. The molecule has 0 radical (unpaired) electrons. The Balaban J connectivity index is 2.38. The van der Waals surface area contributed by atoms with Crippen molar-refractivity contribution in [2.24, 2.45) is 0 Å². The molecule has 13 heavy (non-hydrogen) atoms.